The van der Waals surface area contributed by atoms with Crippen LogP contribution in [0.15, 0.2) is 53.6 Å². The molecule has 7 nitrogen and oxygen atoms in total. The average molecular weight is 424 g/mol. The van der Waals surface area contributed by atoms with E-state index in [9.17, 15) is 14.4 Å². The van der Waals surface area contributed by atoms with E-state index in [0.717, 1.165) is 21.5 Å². The summed E-state index contributed by atoms with van der Waals surface area (Å²) in [6.07, 6.45) is 0. The van der Waals surface area contributed by atoms with Crippen LogP contribution in [-0.4, -0.2) is 42.8 Å². The van der Waals surface area contributed by atoms with E-state index < -0.39 is 11.9 Å². The van der Waals surface area contributed by atoms with Gasteiger partial charge in [0.05, 0.1) is 41.6 Å². The van der Waals surface area contributed by atoms with Gasteiger partial charge in [-0.2, -0.15) is 0 Å². The Hall–Kier alpha value is -3.39. The number of nitrogens with one attached hydrogen (secondary N) is 1. The summed E-state index contributed by atoms with van der Waals surface area (Å²) in [5.74, 6) is -1.44. The number of thioether (sulfide) groups is 1. The number of para-hydroxylation sites is 1. The lowest BCUT2D eigenvalue weighted by molar-refractivity contribution is -0.113. The van der Waals surface area contributed by atoms with Crippen LogP contribution in [0.25, 0.3) is 10.9 Å². The molecule has 0 spiro atoms. The number of anilines is 1. The molecule has 0 aliphatic heterocycles. The summed E-state index contributed by atoms with van der Waals surface area (Å²) in [6.45, 7) is 2.00. The second-order valence-electron chi connectivity index (χ2n) is 6.41. The summed E-state index contributed by atoms with van der Waals surface area (Å²) in [6, 6.07) is 14.0. The summed E-state index contributed by atoms with van der Waals surface area (Å²) in [5, 5.41) is 4.51. The molecule has 0 aliphatic rings. The predicted octanol–water partition coefficient (Wildman–Crippen LogP) is 3.85. The molecule has 1 aromatic heterocycles. The predicted molar refractivity (Wildman–Crippen MR) is 115 cm³/mol. The first-order valence-electron chi connectivity index (χ1n) is 9.02. The van der Waals surface area contributed by atoms with Crippen LogP contribution in [0.5, 0.6) is 0 Å². The molecule has 1 amide bonds. The highest BCUT2D eigenvalue weighted by molar-refractivity contribution is 7.99. The first-order chi connectivity index (χ1) is 14.4. The van der Waals surface area contributed by atoms with Crippen LogP contribution in [-0.2, 0) is 14.3 Å². The fourth-order valence-electron chi connectivity index (χ4n) is 2.90. The Morgan fingerprint density at radius 3 is 2.23 bits per heavy atom. The Labute approximate surface area is 177 Å². The van der Waals surface area contributed by atoms with Crippen molar-refractivity contribution in [3.63, 3.8) is 0 Å². The molecule has 2 aromatic carbocycles. The van der Waals surface area contributed by atoms with Crippen molar-refractivity contribution in [2.24, 2.45) is 0 Å². The number of pyridine rings is 1. The molecule has 0 bridgehead atoms. The van der Waals surface area contributed by atoms with E-state index >= 15 is 0 Å². The molecule has 8 heteroatoms. The lowest BCUT2D eigenvalue weighted by atomic mass is 10.1. The van der Waals surface area contributed by atoms with Crippen molar-refractivity contribution < 1.29 is 23.9 Å². The number of nitrogens with zero attached hydrogens (tertiary/aromatic N) is 1. The van der Waals surface area contributed by atoms with E-state index in [1.807, 2.05) is 37.3 Å². The van der Waals surface area contributed by atoms with Crippen molar-refractivity contribution in [2.45, 2.75) is 11.9 Å². The highest BCUT2D eigenvalue weighted by Crippen LogP contribution is 2.24. The lowest BCUT2D eigenvalue weighted by Crippen LogP contribution is -2.16. The van der Waals surface area contributed by atoms with Gasteiger partial charge in [-0.05, 0) is 42.8 Å². The van der Waals surface area contributed by atoms with Crippen LogP contribution in [0.3, 0.4) is 0 Å². The molecule has 0 atom stereocenters. The smallest absolute Gasteiger partial charge is 0.337 e. The first-order valence-corrected chi connectivity index (χ1v) is 10.0. The van der Waals surface area contributed by atoms with Crippen molar-refractivity contribution in [3.05, 3.63) is 65.2 Å². The normalized spacial score (nSPS) is 10.5. The van der Waals surface area contributed by atoms with Gasteiger partial charge in [-0.15, -0.1) is 0 Å². The largest absolute Gasteiger partial charge is 0.465 e. The SMILES string of the molecule is COC(=O)c1cc(NC(=O)CSc2cc(C)c3ccccc3n2)cc(C(=O)OC)c1. The average Bonchev–Trinajstić information content (AvgIpc) is 2.76. The molecular formula is C22H20N2O5S. The minimum atomic E-state index is -0.624. The third-order valence-corrected chi connectivity index (χ3v) is 5.22. The van der Waals surface area contributed by atoms with Gasteiger partial charge in [0.25, 0.3) is 0 Å². The fourth-order valence-corrected chi connectivity index (χ4v) is 3.67. The zero-order valence-electron chi connectivity index (χ0n) is 16.7. The lowest BCUT2D eigenvalue weighted by Gasteiger charge is -2.10. The molecule has 3 rings (SSSR count). The number of fused-ring (bicyclic) bond motifs is 1. The summed E-state index contributed by atoms with van der Waals surface area (Å²) < 4.78 is 9.40. The molecule has 0 saturated heterocycles. The molecule has 3 aromatic rings. The molecule has 30 heavy (non-hydrogen) atoms. The third-order valence-electron chi connectivity index (χ3n) is 4.31. The number of ether oxygens (including phenoxy) is 2. The zero-order valence-corrected chi connectivity index (χ0v) is 17.5. The van der Waals surface area contributed by atoms with E-state index in [-0.39, 0.29) is 22.8 Å². The van der Waals surface area contributed by atoms with Crippen LogP contribution >= 0.6 is 11.8 Å². The van der Waals surface area contributed by atoms with E-state index in [1.165, 1.54) is 44.2 Å². The second-order valence-corrected chi connectivity index (χ2v) is 7.41. The molecule has 0 aliphatic carbocycles. The maximum absolute atomic E-state index is 12.4. The number of amides is 1. The molecule has 0 unspecified atom stereocenters. The zero-order chi connectivity index (χ0) is 21.7. The number of aromatic nitrogens is 1. The molecule has 154 valence electrons. The molecule has 0 radical (unpaired) electrons. The van der Waals surface area contributed by atoms with Crippen LogP contribution < -0.4 is 5.32 Å². The van der Waals surface area contributed by atoms with Gasteiger partial charge in [0.1, 0.15) is 0 Å². The molecular weight excluding hydrogens is 404 g/mol. The van der Waals surface area contributed by atoms with Crippen LogP contribution in [0.4, 0.5) is 5.69 Å². The quantitative estimate of drug-likeness (QED) is 0.474. The number of methoxy groups -OCH3 is 2. The highest BCUT2D eigenvalue weighted by Gasteiger charge is 2.15. The number of esters is 2. The Morgan fingerprint density at radius 1 is 0.967 bits per heavy atom. The van der Waals surface area contributed by atoms with E-state index in [0.29, 0.717) is 5.69 Å². The summed E-state index contributed by atoms with van der Waals surface area (Å²) in [7, 11) is 2.47. The third kappa shape index (κ3) is 4.96. The van der Waals surface area contributed by atoms with Crippen LogP contribution in [0.1, 0.15) is 26.3 Å². The van der Waals surface area contributed by atoms with Crippen molar-refractivity contribution in [2.75, 3.05) is 25.3 Å². The van der Waals surface area contributed by atoms with Gasteiger partial charge >= 0.3 is 11.9 Å². The van der Waals surface area contributed by atoms with Crippen LogP contribution in [0.2, 0.25) is 0 Å². The Morgan fingerprint density at radius 2 is 1.60 bits per heavy atom. The van der Waals surface area contributed by atoms with Gasteiger partial charge < -0.3 is 14.8 Å². The molecule has 0 fully saturated rings. The summed E-state index contributed by atoms with van der Waals surface area (Å²) in [4.78, 5) is 40.7. The van der Waals surface area contributed by atoms with Gasteiger partial charge in [0, 0.05) is 11.1 Å². The Balaban J connectivity index is 1.74. The van der Waals surface area contributed by atoms with Crippen molar-refractivity contribution >= 4 is 46.2 Å². The van der Waals surface area contributed by atoms with Gasteiger partial charge in [-0.1, -0.05) is 30.0 Å². The van der Waals surface area contributed by atoms with Crippen molar-refractivity contribution in [1.82, 2.24) is 4.98 Å². The fraction of sp³-hybridized carbons (Fsp3) is 0.182. The van der Waals surface area contributed by atoms with Crippen molar-refractivity contribution in [3.8, 4) is 0 Å². The van der Waals surface area contributed by atoms with Gasteiger partial charge in [-0.3, -0.25) is 4.79 Å². The van der Waals surface area contributed by atoms with E-state index in [1.54, 1.807) is 0 Å². The number of benzene rings is 2. The second kappa shape index (κ2) is 9.41. The Kier molecular flexibility index (Phi) is 6.68. The van der Waals surface area contributed by atoms with Gasteiger partial charge in [0.15, 0.2) is 0 Å². The number of rotatable bonds is 6. The Bertz CT molecular complexity index is 1100. The monoisotopic (exact) mass is 424 g/mol. The topological polar surface area (TPSA) is 94.6 Å². The molecule has 1 N–H and O–H groups in total. The standard InChI is InChI=1S/C22H20N2O5S/c1-13-8-20(24-18-7-5-4-6-17(13)18)30-12-19(25)23-16-10-14(21(26)28-2)9-15(11-16)22(27)29-3/h4-11H,12H2,1-3H3,(H,23,25). The summed E-state index contributed by atoms with van der Waals surface area (Å²) >= 11 is 1.30. The summed E-state index contributed by atoms with van der Waals surface area (Å²) in [5.41, 5.74) is 2.52. The number of aryl methyl sites for hydroxylation is 1. The minimum Gasteiger partial charge on any atom is -0.465 e. The first kappa shape index (κ1) is 21.3. The van der Waals surface area contributed by atoms with Crippen LogP contribution in [0, 0.1) is 6.92 Å². The van der Waals surface area contributed by atoms with E-state index in [2.05, 4.69) is 10.3 Å². The molecule has 1 heterocycles. The van der Waals surface area contributed by atoms with Gasteiger partial charge in [-0.25, -0.2) is 14.6 Å². The maximum atomic E-state index is 12.4. The van der Waals surface area contributed by atoms with Crippen molar-refractivity contribution in [1.29, 1.82) is 0 Å². The maximum Gasteiger partial charge on any atom is 0.337 e. The number of carbonyl (C=O) groups excluding carboxylic acids is 3. The van der Waals surface area contributed by atoms with E-state index in [4.69, 9.17) is 9.47 Å². The molecule has 0 saturated carbocycles. The number of hydrogen-bond acceptors (Lipinski definition) is 7. The highest BCUT2D eigenvalue weighted by atomic mass is 32.2. The number of carbonyl (C=O) groups is 3. The van der Waals surface area contributed by atoms with Gasteiger partial charge in [0.2, 0.25) is 5.91 Å². The minimum absolute atomic E-state index is 0.112. The number of hydrogen-bond donors (Lipinski definition) is 1.